The van der Waals surface area contributed by atoms with Gasteiger partial charge in [-0.05, 0) is 34.5 Å². The van der Waals surface area contributed by atoms with E-state index in [2.05, 4.69) is 31.2 Å². The van der Waals surface area contributed by atoms with Gasteiger partial charge < -0.3 is 5.32 Å². The highest BCUT2D eigenvalue weighted by Crippen LogP contribution is 2.25. The van der Waals surface area contributed by atoms with E-state index >= 15 is 0 Å². The monoisotopic (exact) mass is 366 g/mol. The number of aryl methyl sites for hydroxylation is 1. The van der Waals surface area contributed by atoms with Crippen molar-refractivity contribution in [3.05, 3.63) is 39.6 Å². The highest BCUT2D eigenvalue weighted by atomic mass is 79.9. The van der Waals surface area contributed by atoms with E-state index in [4.69, 9.17) is 0 Å². The predicted molar refractivity (Wildman–Crippen MR) is 82.3 cm³/mol. The summed E-state index contributed by atoms with van der Waals surface area (Å²) in [6.45, 7) is 1.82. The molecule has 3 rings (SSSR count). The van der Waals surface area contributed by atoms with Gasteiger partial charge in [0, 0.05) is 28.7 Å². The molecule has 3 heterocycles. The molecule has 21 heavy (non-hydrogen) atoms. The highest BCUT2D eigenvalue weighted by molar-refractivity contribution is 9.10. The molecule has 1 fully saturated rings. The molecule has 0 aromatic carbocycles. The number of nitrogens with zero attached hydrogens (tertiary/aromatic N) is 3. The summed E-state index contributed by atoms with van der Waals surface area (Å²) in [5, 5.41) is 4.90. The molecule has 8 heteroatoms. The molecule has 1 atom stereocenters. The van der Waals surface area contributed by atoms with Gasteiger partial charge in [-0.3, -0.25) is 9.78 Å². The van der Waals surface area contributed by atoms with E-state index in [1.807, 2.05) is 13.0 Å². The number of amides is 3. The fraction of sp³-hybridized carbons (Fsp3) is 0.231. The van der Waals surface area contributed by atoms with Crippen molar-refractivity contribution < 1.29 is 9.59 Å². The Labute approximate surface area is 133 Å². The number of hydrogen-bond donors (Lipinski definition) is 1. The number of thiazole rings is 1. The van der Waals surface area contributed by atoms with Gasteiger partial charge >= 0.3 is 6.03 Å². The first kappa shape index (κ1) is 14.2. The van der Waals surface area contributed by atoms with Crippen LogP contribution in [-0.2, 0) is 11.2 Å². The molecule has 2 aromatic heterocycles. The van der Waals surface area contributed by atoms with Crippen molar-refractivity contribution in [2.75, 3.05) is 4.90 Å². The number of halogens is 1. The van der Waals surface area contributed by atoms with Gasteiger partial charge in [-0.1, -0.05) is 0 Å². The third-order valence-electron chi connectivity index (χ3n) is 3.02. The molecule has 1 N–H and O–H groups in total. The molecule has 2 aromatic rings. The summed E-state index contributed by atoms with van der Waals surface area (Å²) in [5.41, 5.74) is 1.66. The lowest BCUT2D eigenvalue weighted by atomic mass is 10.1. The molecule has 0 saturated carbocycles. The molecule has 0 radical (unpaired) electrons. The summed E-state index contributed by atoms with van der Waals surface area (Å²) < 4.78 is 0.837. The van der Waals surface area contributed by atoms with Crippen LogP contribution in [0.25, 0.3) is 0 Å². The van der Waals surface area contributed by atoms with Crippen LogP contribution in [0.2, 0.25) is 0 Å². The number of imide groups is 1. The summed E-state index contributed by atoms with van der Waals surface area (Å²) >= 11 is 4.61. The third-order valence-corrected chi connectivity index (χ3v) is 4.40. The number of carbonyl (C=O) groups is 2. The molecular weight excluding hydrogens is 356 g/mol. The highest BCUT2D eigenvalue weighted by Gasteiger charge is 2.40. The molecule has 0 spiro atoms. The first-order valence-electron chi connectivity index (χ1n) is 6.20. The van der Waals surface area contributed by atoms with Gasteiger partial charge in [-0.2, -0.15) is 0 Å². The van der Waals surface area contributed by atoms with Crippen LogP contribution in [0.4, 0.5) is 9.93 Å². The van der Waals surface area contributed by atoms with Crippen molar-refractivity contribution >= 4 is 44.3 Å². The standard InChI is InChI=1S/C13H11BrN4O2S/c1-7-6-21-13(16-7)18-11(19)10(17-12(18)20)3-8-2-9(14)5-15-4-8/h2,4-6,10H,3H2,1H3,(H,17,20). The molecule has 6 nitrogen and oxygen atoms in total. The Bertz CT molecular complexity index is 718. The third kappa shape index (κ3) is 2.81. The number of rotatable bonds is 3. The van der Waals surface area contributed by atoms with Crippen molar-refractivity contribution in [1.29, 1.82) is 0 Å². The van der Waals surface area contributed by atoms with Crippen LogP contribution in [0.5, 0.6) is 0 Å². The van der Waals surface area contributed by atoms with E-state index in [-0.39, 0.29) is 5.91 Å². The number of carbonyl (C=O) groups excluding carboxylic acids is 2. The van der Waals surface area contributed by atoms with Gasteiger partial charge in [0.15, 0.2) is 0 Å². The van der Waals surface area contributed by atoms with E-state index in [1.165, 1.54) is 11.3 Å². The zero-order valence-electron chi connectivity index (χ0n) is 11.0. The number of urea groups is 1. The molecule has 0 bridgehead atoms. The second-order valence-corrected chi connectivity index (χ2v) is 6.41. The number of aromatic nitrogens is 2. The van der Waals surface area contributed by atoms with Crippen LogP contribution < -0.4 is 10.2 Å². The Balaban J connectivity index is 1.80. The number of hydrogen-bond acceptors (Lipinski definition) is 5. The minimum atomic E-state index is -0.585. The maximum Gasteiger partial charge on any atom is 0.331 e. The second-order valence-electron chi connectivity index (χ2n) is 4.66. The molecule has 1 aliphatic rings. The Morgan fingerprint density at radius 2 is 2.24 bits per heavy atom. The van der Waals surface area contributed by atoms with Gasteiger partial charge in [0.05, 0.1) is 5.69 Å². The zero-order chi connectivity index (χ0) is 15.0. The van der Waals surface area contributed by atoms with Gasteiger partial charge in [0.25, 0.3) is 5.91 Å². The first-order chi connectivity index (χ1) is 10.0. The van der Waals surface area contributed by atoms with Crippen LogP contribution in [0, 0.1) is 6.92 Å². The van der Waals surface area contributed by atoms with E-state index < -0.39 is 12.1 Å². The Morgan fingerprint density at radius 3 is 2.90 bits per heavy atom. The maximum absolute atomic E-state index is 12.4. The van der Waals surface area contributed by atoms with Crippen LogP contribution in [0.15, 0.2) is 28.3 Å². The number of nitrogens with one attached hydrogen (secondary N) is 1. The van der Waals surface area contributed by atoms with E-state index in [9.17, 15) is 9.59 Å². The number of pyridine rings is 1. The average molecular weight is 367 g/mol. The summed E-state index contributed by atoms with van der Waals surface area (Å²) in [6.07, 6.45) is 3.75. The molecule has 108 valence electrons. The van der Waals surface area contributed by atoms with Crippen LogP contribution in [0.3, 0.4) is 0 Å². The predicted octanol–water partition coefficient (Wildman–Crippen LogP) is 2.28. The summed E-state index contributed by atoms with van der Waals surface area (Å²) in [5.74, 6) is -0.283. The Morgan fingerprint density at radius 1 is 1.43 bits per heavy atom. The minimum Gasteiger partial charge on any atom is -0.325 e. The quantitative estimate of drug-likeness (QED) is 0.845. The first-order valence-corrected chi connectivity index (χ1v) is 7.88. The van der Waals surface area contributed by atoms with E-state index in [0.717, 1.165) is 20.6 Å². The molecule has 0 aliphatic carbocycles. The molecular formula is C13H11BrN4O2S. The fourth-order valence-electron chi connectivity index (χ4n) is 2.10. The lowest BCUT2D eigenvalue weighted by molar-refractivity contribution is -0.118. The van der Waals surface area contributed by atoms with Crippen LogP contribution in [-0.4, -0.2) is 27.9 Å². The topological polar surface area (TPSA) is 75.2 Å². The maximum atomic E-state index is 12.4. The van der Waals surface area contributed by atoms with Crippen LogP contribution in [0.1, 0.15) is 11.3 Å². The minimum absolute atomic E-state index is 0.283. The van der Waals surface area contributed by atoms with Crippen molar-refractivity contribution in [3.63, 3.8) is 0 Å². The van der Waals surface area contributed by atoms with Crippen molar-refractivity contribution in [1.82, 2.24) is 15.3 Å². The zero-order valence-corrected chi connectivity index (χ0v) is 13.4. The fourth-order valence-corrected chi connectivity index (χ4v) is 3.31. The van der Waals surface area contributed by atoms with Gasteiger partial charge in [0.1, 0.15) is 6.04 Å². The second kappa shape index (κ2) is 5.53. The largest absolute Gasteiger partial charge is 0.331 e. The molecule has 1 unspecified atom stereocenters. The van der Waals surface area contributed by atoms with Crippen LogP contribution >= 0.6 is 27.3 Å². The summed E-state index contributed by atoms with van der Waals surface area (Å²) in [6, 6.07) is 0.864. The van der Waals surface area contributed by atoms with E-state index in [0.29, 0.717) is 11.6 Å². The smallest absolute Gasteiger partial charge is 0.325 e. The van der Waals surface area contributed by atoms with Gasteiger partial charge in [0.2, 0.25) is 5.13 Å². The van der Waals surface area contributed by atoms with Crippen molar-refractivity contribution in [3.8, 4) is 0 Å². The molecule has 3 amide bonds. The lowest BCUT2D eigenvalue weighted by Crippen LogP contribution is -2.32. The molecule has 1 aliphatic heterocycles. The average Bonchev–Trinajstić information content (AvgIpc) is 2.94. The Hall–Kier alpha value is -1.80. The lowest BCUT2D eigenvalue weighted by Gasteiger charge is -2.09. The Kier molecular flexibility index (Phi) is 3.73. The van der Waals surface area contributed by atoms with Gasteiger partial charge in [-0.25, -0.2) is 14.7 Å². The molecule has 1 saturated heterocycles. The number of anilines is 1. The van der Waals surface area contributed by atoms with E-state index in [1.54, 1.807) is 17.8 Å². The van der Waals surface area contributed by atoms with Crippen molar-refractivity contribution in [2.45, 2.75) is 19.4 Å². The van der Waals surface area contributed by atoms with Crippen molar-refractivity contribution in [2.24, 2.45) is 0 Å². The summed E-state index contributed by atoms with van der Waals surface area (Å²) in [7, 11) is 0. The normalized spacial score (nSPS) is 18.2. The SMILES string of the molecule is Cc1csc(N2C(=O)NC(Cc3cncc(Br)c3)C2=O)n1. The van der Waals surface area contributed by atoms with Gasteiger partial charge in [-0.15, -0.1) is 11.3 Å². The summed E-state index contributed by atoms with van der Waals surface area (Å²) in [4.78, 5) is 33.7.